The molecule has 0 aliphatic carbocycles. The quantitative estimate of drug-likeness (QED) is 0.548. The molecule has 3 atom stereocenters. The van der Waals surface area contributed by atoms with E-state index in [-0.39, 0.29) is 0 Å². The van der Waals surface area contributed by atoms with Gasteiger partial charge < -0.3 is 10.2 Å². The summed E-state index contributed by atoms with van der Waals surface area (Å²) in [5.41, 5.74) is 0. The fraction of sp³-hybridized carbons (Fsp3) is 1.00. The van der Waals surface area contributed by atoms with Crippen molar-refractivity contribution in [1.29, 1.82) is 0 Å². The van der Waals surface area contributed by atoms with Gasteiger partial charge >= 0.3 is 0 Å². The Balaban J connectivity index is 1.97. The summed E-state index contributed by atoms with van der Waals surface area (Å²) in [5.74, 6) is 1.83. The lowest BCUT2D eigenvalue weighted by atomic mass is 9.88. The molecule has 0 bridgehead atoms. The van der Waals surface area contributed by atoms with E-state index in [0.717, 1.165) is 17.9 Å². The van der Waals surface area contributed by atoms with Crippen LogP contribution >= 0.6 is 0 Å². The van der Waals surface area contributed by atoms with Gasteiger partial charge in [-0.3, -0.25) is 0 Å². The molecular formula is C9H18N2. The molecule has 2 nitrogen and oxygen atoms in total. The lowest BCUT2D eigenvalue weighted by Gasteiger charge is -2.29. The van der Waals surface area contributed by atoms with Gasteiger partial charge in [0, 0.05) is 19.1 Å². The van der Waals surface area contributed by atoms with Crippen molar-refractivity contribution in [1.82, 2.24) is 10.2 Å². The topological polar surface area (TPSA) is 15.3 Å². The average Bonchev–Trinajstić information content (AvgIpc) is 2.27. The predicted molar refractivity (Wildman–Crippen MR) is 46.6 cm³/mol. The molecule has 1 N–H and O–H groups in total. The molecule has 3 unspecified atom stereocenters. The summed E-state index contributed by atoms with van der Waals surface area (Å²) >= 11 is 0. The molecule has 11 heavy (non-hydrogen) atoms. The third-order valence-electron chi connectivity index (χ3n) is 3.06. The van der Waals surface area contributed by atoms with E-state index in [0.29, 0.717) is 0 Å². The molecule has 2 heterocycles. The van der Waals surface area contributed by atoms with Crippen LogP contribution in [0.5, 0.6) is 0 Å². The highest BCUT2D eigenvalue weighted by Crippen LogP contribution is 2.26. The number of likely N-dealkylation sites (tertiary alicyclic amines) is 1. The van der Waals surface area contributed by atoms with Crippen LogP contribution in [-0.4, -0.2) is 37.6 Å². The van der Waals surface area contributed by atoms with Gasteiger partial charge in [0.05, 0.1) is 0 Å². The smallest absolute Gasteiger partial charge is 0.0235 e. The minimum absolute atomic E-state index is 0.802. The Morgan fingerprint density at radius 1 is 1.36 bits per heavy atom. The van der Waals surface area contributed by atoms with Gasteiger partial charge in [0.1, 0.15) is 0 Å². The van der Waals surface area contributed by atoms with Crippen molar-refractivity contribution < 1.29 is 0 Å². The maximum absolute atomic E-state index is 3.62. The van der Waals surface area contributed by atoms with E-state index in [1.807, 2.05) is 0 Å². The second-order valence-electron chi connectivity index (χ2n) is 4.34. The zero-order chi connectivity index (χ0) is 7.84. The predicted octanol–water partition coefficient (Wildman–Crippen LogP) is 0.546. The Labute approximate surface area is 69.0 Å². The zero-order valence-corrected chi connectivity index (χ0v) is 7.51. The number of hydrogen-bond donors (Lipinski definition) is 1. The third kappa shape index (κ3) is 1.42. The van der Waals surface area contributed by atoms with Crippen LogP contribution in [0.2, 0.25) is 0 Å². The summed E-state index contributed by atoms with van der Waals surface area (Å²) in [6.07, 6.45) is 1.43. The standard InChI is InChI=1S/C9H18N2/c1-7-3-8-5-11(2)6-9(8)10-4-7/h7-10H,3-6H2,1-2H3. The van der Waals surface area contributed by atoms with Crippen molar-refractivity contribution >= 4 is 0 Å². The number of rotatable bonds is 0. The normalized spacial score (nSPS) is 45.8. The van der Waals surface area contributed by atoms with Crippen LogP contribution in [0.1, 0.15) is 13.3 Å². The number of nitrogens with zero attached hydrogens (tertiary/aromatic N) is 1. The summed E-state index contributed by atoms with van der Waals surface area (Å²) in [5, 5.41) is 3.62. The fourth-order valence-corrected chi connectivity index (χ4v) is 2.51. The summed E-state index contributed by atoms with van der Waals surface area (Å²) < 4.78 is 0. The highest BCUT2D eigenvalue weighted by Gasteiger charge is 2.34. The lowest BCUT2D eigenvalue weighted by Crippen LogP contribution is -2.44. The zero-order valence-electron chi connectivity index (χ0n) is 7.51. The maximum atomic E-state index is 3.62. The van der Waals surface area contributed by atoms with E-state index >= 15 is 0 Å². The van der Waals surface area contributed by atoms with E-state index in [2.05, 4.69) is 24.2 Å². The molecule has 0 aromatic carbocycles. The lowest BCUT2D eigenvalue weighted by molar-refractivity contribution is 0.272. The van der Waals surface area contributed by atoms with Crippen molar-refractivity contribution in [3.63, 3.8) is 0 Å². The number of fused-ring (bicyclic) bond motifs is 1. The van der Waals surface area contributed by atoms with Gasteiger partial charge in [0.25, 0.3) is 0 Å². The molecule has 64 valence electrons. The first-order chi connectivity index (χ1) is 5.25. The van der Waals surface area contributed by atoms with Crippen LogP contribution in [0.3, 0.4) is 0 Å². The number of likely N-dealkylation sites (N-methyl/N-ethyl adjacent to an activating group) is 1. The van der Waals surface area contributed by atoms with Crippen LogP contribution in [0, 0.1) is 11.8 Å². The Morgan fingerprint density at radius 3 is 3.00 bits per heavy atom. The van der Waals surface area contributed by atoms with E-state index in [4.69, 9.17) is 0 Å². The number of nitrogens with one attached hydrogen (secondary N) is 1. The first kappa shape index (κ1) is 7.56. The molecule has 2 rings (SSSR count). The second-order valence-corrected chi connectivity index (χ2v) is 4.34. The number of hydrogen-bond acceptors (Lipinski definition) is 2. The Morgan fingerprint density at radius 2 is 2.18 bits per heavy atom. The first-order valence-corrected chi connectivity index (χ1v) is 4.67. The largest absolute Gasteiger partial charge is 0.312 e. The van der Waals surface area contributed by atoms with Gasteiger partial charge in [-0.25, -0.2) is 0 Å². The van der Waals surface area contributed by atoms with E-state index in [1.165, 1.54) is 26.1 Å². The molecule has 2 aliphatic rings. The minimum Gasteiger partial charge on any atom is -0.312 e. The summed E-state index contributed by atoms with van der Waals surface area (Å²) in [6.45, 7) is 6.15. The number of piperidine rings is 1. The van der Waals surface area contributed by atoms with Gasteiger partial charge in [-0.05, 0) is 31.8 Å². The first-order valence-electron chi connectivity index (χ1n) is 4.67. The van der Waals surface area contributed by atoms with Gasteiger partial charge in [0.2, 0.25) is 0 Å². The van der Waals surface area contributed by atoms with Gasteiger partial charge in [-0.2, -0.15) is 0 Å². The second kappa shape index (κ2) is 2.76. The van der Waals surface area contributed by atoms with Gasteiger partial charge in [-0.1, -0.05) is 6.92 Å². The molecule has 2 fully saturated rings. The van der Waals surface area contributed by atoms with Crippen molar-refractivity contribution in [3.8, 4) is 0 Å². The molecule has 0 amide bonds. The summed E-state index contributed by atoms with van der Waals surface area (Å²) in [4.78, 5) is 2.44. The van der Waals surface area contributed by atoms with E-state index in [9.17, 15) is 0 Å². The van der Waals surface area contributed by atoms with Crippen LogP contribution in [0.25, 0.3) is 0 Å². The molecule has 0 radical (unpaired) electrons. The Kier molecular flexibility index (Phi) is 1.90. The van der Waals surface area contributed by atoms with Crippen molar-refractivity contribution in [2.75, 3.05) is 26.7 Å². The van der Waals surface area contributed by atoms with Crippen LogP contribution < -0.4 is 5.32 Å². The average molecular weight is 154 g/mol. The van der Waals surface area contributed by atoms with Crippen LogP contribution in [0.4, 0.5) is 0 Å². The molecule has 0 aromatic rings. The van der Waals surface area contributed by atoms with E-state index in [1.54, 1.807) is 0 Å². The Bertz CT molecular complexity index is 146. The Hall–Kier alpha value is -0.0800. The molecule has 0 spiro atoms. The van der Waals surface area contributed by atoms with Crippen molar-refractivity contribution in [2.24, 2.45) is 11.8 Å². The highest BCUT2D eigenvalue weighted by atomic mass is 15.2. The minimum atomic E-state index is 0.802. The fourth-order valence-electron chi connectivity index (χ4n) is 2.51. The molecular weight excluding hydrogens is 136 g/mol. The molecule has 0 aromatic heterocycles. The van der Waals surface area contributed by atoms with Crippen molar-refractivity contribution in [3.05, 3.63) is 0 Å². The van der Waals surface area contributed by atoms with Gasteiger partial charge in [0.15, 0.2) is 0 Å². The molecule has 2 heteroatoms. The third-order valence-corrected chi connectivity index (χ3v) is 3.06. The van der Waals surface area contributed by atoms with Crippen molar-refractivity contribution in [2.45, 2.75) is 19.4 Å². The molecule has 2 saturated heterocycles. The molecule has 2 aliphatic heterocycles. The van der Waals surface area contributed by atoms with Crippen LogP contribution in [-0.2, 0) is 0 Å². The summed E-state index contributed by atoms with van der Waals surface area (Å²) in [7, 11) is 2.23. The SMILES string of the molecule is CC1CNC2CN(C)CC2C1. The van der Waals surface area contributed by atoms with Gasteiger partial charge in [-0.15, -0.1) is 0 Å². The molecule has 0 saturated carbocycles. The maximum Gasteiger partial charge on any atom is 0.0235 e. The van der Waals surface area contributed by atoms with E-state index < -0.39 is 0 Å². The highest BCUT2D eigenvalue weighted by molar-refractivity contribution is 4.92. The monoisotopic (exact) mass is 154 g/mol. The van der Waals surface area contributed by atoms with Crippen LogP contribution in [0.15, 0.2) is 0 Å². The summed E-state index contributed by atoms with van der Waals surface area (Å²) in [6, 6.07) is 0.802.